The maximum atomic E-state index is 12.9. The minimum Gasteiger partial charge on any atom is -0.325 e. The highest BCUT2D eigenvalue weighted by atomic mass is 31.2. The Morgan fingerprint density at radius 2 is 1.93 bits per heavy atom. The highest BCUT2D eigenvalue weighted by molar-refractivity contribution is 7.68. The lowest BCUT2D eigenvalue weighted by atomic mass is 9.98. The fraction of sp³-hybridized carbons (Fsp3) is 0.500. The number of benzene rings is 1. The van der Waals surface area contributed by atoms with Gasteiger partial charge >= 0.3 is 0 Å². The zero-order valence-corrected chi connectivity index (χ0v) is 10.3. The first-order valence-electron chi connectivity index (χ1n) is 5.29. The van der Waals surface area contributed by atoms with E-state index in [9.17, 15) is 4.57 Å². The Morgan fingerprint density at radius 1 is 1.33 bits per heavy atom. The van der Waals surface area contributed by atoms with Crippen LogP contribution in [-0.2, 0) is 9.09 Å². The highest BCUT2D eigenvalue weighted by Gasteiger charge is 2.52. The van der Waals surface area contributed by atoms with Gasteiger partial charge < -0.3 is 4.52 Å². The second-order valence-electron chi connectivity index (χ2n) is 4.74. The van der Waals surface area contributed by atoms with Crippen LogP contribution in [0.2, 0.25) is 0 Å². The molecule has 1 aromatic rings. The Hall–Kier alpha value is -0.590. The topological polar surface area (TPSA) is 26.3 Å². The number of hydrogen-bond donors (Lipinski definition) is 0. The molecule has 2 atom stereocenters. The van der Waals surface area contributed by atoms with Gasteiger partial charge in [0.25, 0.3) is 0 Å². The molecule has 0 saturated carbocycles. The molecule has 0 radical (unpaired) electrons. The summed E-state index contributed by atoms with van der Waals surface area (Å²) in [4.78, 5) is 0. The van der Waals surface area contributed by atoms with Crippen LogP contribution in [0.4, 0.5) is 0 Å². The third-order valence-corrected chi connectivity index (χ3v) is 7.02. The SMILES string of the molecule is C[C@@H]1CO[P@@](=O)(c2ccccc2)C1(C)C. The normalized spacial score (nSPS) is 34.2. The molecule has 15 heavy (non-hydrogen) atoms. The molecule has 1 fully saturated rings. The average Bonchev–Trinajstić information content (AvgIpc) is 2.45. The summed E-state index contributed by atoms with van der Waals surface area (Å²) < 4.78 is 18.5. The van der Waals surface area contributed by atoms with Gasteiger partial charge in [0.2, 0.25) is 7.37 Å². The molecule has 1 aromatic carbocycles. The van der Waals surface area contributed by atoms with Crippen molar-refractivity contribution >= 4 is 12.7 Å². The van der Waals surface area contributed by atoms with Crippen LogP contribution in [0.3, 0.4) is 0 Å². The lowest BCUT2D eigenvalue weighted by molar-refractivity contribution is 0.311. The Balaban J connectivity index is 2.49. The molecule has 0 spiro atoms. The zero-order valence-electron chi connectivity index (χ0n) is 9.43. The Kier molecular flexibility index (Phi) is 2.52. The number of hydrogen-bond acceptors (Lipinski definition) is 2. The maximum Gasteiger partial charge on any atom is 0.237 e. The molecule has 1 aliphatic rings. The summed E-state index contributed by atoms with van der Waals surface area (Å²) in [6.45, 7) is 6.78. The van der Waals surface area contributed by atoms with Gasteiger partial charge in [0.15, 0.2) is 0 Å². The Morgan fingerprint density at radius 3 is 2.40 bits per heavy atom. The fourth-order valence-corrected chi connectivity index (χ4v) is 4.71. The van der Waals surface area contributed by atoms with Crippen LogP contribution >= 0.6 is 7.37 Å². The second-order valence-corrected chi connectivity index (χ2v) is 7.77. The van der Waals surface area contributed by atoms with Gasteiger partial charge in [0.1, 0.15) is 0 Å². The molecule has 1 heterocycles. The molecule has 2 nitrogen and oxygen atoms in total. The summed E-state index contributed by atoms with van der Waals surface area (Å²) in [6, 6.07) is 9.57. The van der Waals surface area contributed by atoms with Crippen LogP contribution in [-0.4, -0.2) is 11.8 Å². The molecular formula is C12H17O2P. The summed E-state index contributed by atoms with van der Waals surface area (Å²) in [5, 5.41) is 0.591. The Labute approximate surface area is 91.1 Å². The van der Waals surface area contributed by atoms with Gasteiger partial charge in [-0.1, -0.05) is 39.0 Å². The zero-order chi connectivity index (χ0) is 11.1. The van der Waals surface area contributed by atoms with Gasteiger partial charge in [-0.05, 0) is 18.1 Å². The first kappa shape index (κ1) is 10.9. The average molecular weight is 224 g/mol. The molecular weight excluding hydrogens is 207 g/mol. The van der Waals surface area contributed by atoms with Gasteiger partial charge in [-0.25, -0.2) is 0 Å². The monoisotopic (exact) mass is 224 g/mol. The summed E-state index contributed by atoms with van der Waals surface area (Å²) in [6.07, 6.45) is 0. The summed E-state index contributed by atoms with van der Waals surface area (Å²) in [7, 11) is -2.68. The van der Waals surface area contributed by atoms with E-state index in [4.69, 9.17) is 4.52 Å². The van der Waals surface area contributed by atoms with Crippen LogP contribution < -0.4 is 5.30 Å². The fourth-order valence-electron chi connectivity index (χ4n) is 1.91. The minimum atomic E-state index is -2.68. The van der Waals surface area contributed by atoms with Crippen molar-refractivity contribution in [3.05, 3.63) is 30.3 Å². The molecule has 0 bridgehead atoms. The lowest BCUT2D eigenvalue weighted by Gasteiger charge is -2.28. The summed E-state index contributed by atoms with van der Waals surface area (Å²) in [5.74, 6) is 0.337. The van der Waals surface area contributed by atoms with E-state index in [1.165, 1.54) is 0 Å². The van der Waals surface area contributed by atoms with E-state index in [1.807, 2.05) is 44.2 Å². The minimum absolute atomic E-state index is 0.256. The van der Waals surface area contributed by atoms with E-state index >= 15 is 0 Å². The van der Waals surface area contributed by atoms with Crippen LogP contribution in [0.5, 0.6) is 0 Å². The molecule has 2 rings (SSSR count). The van der Waals surface area contributed by atoms with Crippen molar-refractivity contribution in [2.45, 2.75) is 25.9 Å². The van der Waals surface area contributed by atoms with Gasteiger partial charge in [-0.3, -0.25) is 4.57 Å². The third kappa shape index (κ3) is 1.47. The molecule has 0 N–H and O–H groups in total. The van der Waals surface area contributed by atoms with E-state index in [1.54, 1.807) is 0 Å². The third-order valence-electron chi connectivity index (χ3n) is 3.57. The van der Waals surface area contributed by atoms with Crippen molar-refractivity contribution in [3.8, 4) is 0 Å². The van der Waals surface area contributed by atoms with Crippen molar-refractivity contribution < 1.29 is 9.09 Å². The van der Waals surface area contributed by atoms with E-state index in [0.717, 1.165) is 5.30 Å². The smallest absolute Gasteiger partial charge is 0.237 e. The molecule has 82 valence electrons. The molecule has 3 heteroatoms. The molecule has 1 saturated heterocycles. The second kappa shape index (κ2) is 3.47. The molecule has 0 aromatic heterocycles. The summed E-state index contributed by atoms with van der Waals surface area (Å²) in [5.41, 5.74) is 0. The van der Waals surface area contributed by atoms with E-state index in [-0.39, 0.29) is 5.16 Å². The standard InChI is InChI=1S/C12H17O2P/c1-10-9-14-15(13,12(10,2)3)11-7-5-4-6-8-11/h4-8,10H,9H2,1-3H3/t10-,15+/m1/s1. The molecule has 0 unspecified atom stereocenters. The van der Waals surface area contributed by atoms with Crippen LogP contribution in [0.1, 0.15) is 20.8 Å². The van der Waals surface area contributed by atoms with Crippen molar-refractivity contribution in [2.75, 3.05) is 6.61 Å². The summed E-state index contributed by atoms with van der Waals surface area (Å²) >= 11 is 0. The van der Waals surface area contributed by atoms with Crippen molar-refractivity contribution in [3.63, 3.8) is 0 Å². The van der Waals surface area contributed by atoms with Crippen molar-refractivity contribution in [1.82, 2.24) is 0 Å². The largest absolute Gasteiger partial charge is 0.325 e. The quantitative estimate of drug-likeness (QED) is 0.685. The molecule has 0 amide bonds. The highest BCUT2D eigenvalue weighted by Crippen LogP contribution is 2.65. The predicted molar refractivity (Wildman–Crippen MR) is 62.9 cm³/mol. The van der Waals surface area contributed by atoms with E-state index < -0.39 is 7.37 Å². The predicted octanol–water partition coefficient (Wildman–Crippen LogP) is 3.03. The Bertz CT molecular complexity index is 397. The van der Waals surface area contributed by atoms with Crippen LogP contribution in [0, 0.1) is 5.92 Å². The molecule has 0 aliphatic carbocycles. The van der Waals surface area contributed by atoms with Crippen LogP contribution in [0.25, 0.3) is 0 Å². The van der Waals surface area contributed by atoms with Gasteiger partial charge in [0.05, 0.1) is 11.8 Å². The van der Waals surface area contributed by atoms with Gasteiger partial charge in [0, 0.05) is 5.30 Å². The number of rotatable bonds is 1. The van der Waals surface area contributed by atoms with Gasteiger partial charge in [-0.2, -0.15) is 0 Å². The lowest BCUT2D eigenvalue weighted by Crippen LogP contribution is -2.28. The van der Waals surface area contributed by atoms with E-state index in [0.29, 0.717) is 12.5 Å². The first-order chi connectivity index (χ1) is 6.98. The first-order valence-corrected chi connectivity index (χ1v) is 6.91. The van der Waals surface area contributed by atoms with Gasteiger partial charge in [-0.15, -0.1) is 0 Å². The van der Waals surface area contributed by atoms with Crippen LogP contribution in [0.15, 0.2) is 30.3 Å². The van der Waals surface area contributed by atoms with Crippen molar-refractivity contribution in [1.29, 1.82) is 0 Å². The maximum absolute atomic E-state index is 12.9. The molecule has 1 aliphatic heterocycles. The van der Waals surface area contributed by atoms with Crippen molar-refractivity contribution in [2.24, 2.45) is 5.92 Å². The van der Waals surface area contributed by atoms with E-state index in [2.05, 4.69) is 6.92 Å².